The molecule has 0 rings (SSSR count). The van der Waals surface area contributed by atoms with Crippen LogP contribution < -0.4 is 9.44 Å². The van der Waals surface area contributed by atoms with Gasteiger partial charge in [-0.15, -0.1) is 24.8 Å². The first-order chi connectivity index (χ1) is 9.31. The van der Waals surface area contributed by atoms with Crippen LogP contribution in [0, 0.1) is 11.8 Å². The molecule has 0 aliphatic heterocycles. The van der Waals surface area contributed by atoms with Crippen LogP contribution in [0.5, 0.6) is 0 Å². The Balaban J connectivity index is -0.00000180. The van der Waals surface area contributed by atoms with Crippen LogP contribution in [-0.2, 0) is 19.4 Å². The maximum Gasteiger partial charge on any atom is 0.373 e. The highest BCUT2D eigenvalue weighted by molar-refractivity contribution is 7.78. The highest BCUT2D eigenvalue weighted by atomic mass is 35.5. The second kappa shape index (κ2) is 14.7. The molecule has 2 N–H and O–H groups in total. The molecule has 134 valence electrons. The van der Waals surface area contributed by atoms with Gasteiger partial charge in [-0.1, -0.05) is 53.3 Å². The first-order valence-electron chi connectivity index (χ1n) is 6.53. The fourth-order valence-corrected chi connectivity index (χ4v) is 1.97. The maximum atomic E-state index is 11.7. The largest absolute Gasteiger partial charge is 0.373 e. The molecular weight excluding hydrogens is 371 g/mol. The van der Waals surface area contributed by atoms with E-state index in [9.17, 15) is 9.59 Å². The van der Waals surface area contributed by atoms with Crippen LogP contribution in [-0.4, -0.2) is 24.0 Å². The molecule has 0 amide bonds. The minimum absolute atomic E-state index is 0. The summed E-state index contributed by atoms with van der Waals surface area (Å²) in [5, 5.41) is 0. The average molecular weight is 397 g/mol. The molecule has 0 fully saturated rings. The monoisotopic (exact) mass is 396 g/mol. The van der Waals surface area contributed by atoms with Gasteiger partial charge in [0.1, 0.15) is 12.1 Å². The molecule has 0 bridgehead atoms. The first kappa shape index (κ1) is 27.0. The van der Waals surface area contributed by atoms with Crippen molar-refractivity contribution in [2.75, 3.05) is 0 Å². The lowest BCUT2D eigenvalue weighted by Crippen LogP contribution is -2.38. The van der Waals surface area contributed by atoms with E-state index >= 15 is 0 Å². The molecule has 0 saturated heterocycles. The highest BCUT2D eigenvalue weighted by Gasteiger charge is 2.26. The minimum Gasteiger partial charge on any atom is -0.253 e. The van der Waals surface area contributed by atoms with Crippen LogP contribution in [0.3, 0.4) is 0 Å². The quantitative estimate of drug-likeness (QED) is 0.287. The topological polar surface area (TPSA) is 76.7 Å². The standard InChI is InChI=1S/C12H24N2O4S2.2ClH/c1-7(2)5-9(13-19)11(15)17-18-12(16)10(14-20)6-8(3)4;;/h7-10,13-14,19-20H,5-6H2,1-4H3;2*1H/t9-,10-;;/m0../s1. The fraction of sp³-hybridized carbons (Fsp3) is 0.833. The minimum atomic E-state index is -0.676. The Labute approximate surface area is 155 Å². The molecule has 10 heteroatoms. The second-order valence-electron chi connectivity index (χ2n) is 5.43. The van der Waals surface area contributed by atoms with Gasteiger partial charge < -0.3 is 0 Å². The summed E-state index contributed by atoms with van der Waals surface area (Å²) in [4.78, 5) is 32.5. The van der Waals surface area contributed by atoms with Crippen LogP contribution in [0.25, 0.3) is 0 Å². The van der Waals surface area contributed by atoms with E-state index in [-0.39, 0.29) is 36.6 Å². The van der Waals surface area contributed by atoms with E-state index in [2.05, 4.69) is 44.8 Å². The third-order valence-corrected chi connectivity index (χ3v) is 3.12. The number of thiol groups is 2. The molecule has 0 saturated carbocycles. The zero-order valence-electron chi connectivity index (χ0n) is 13.1. The van der Waals surface area contributed by atoms with E-state index in [1.165, 1.54) is 0 Å². The van der Waals surface area contributed by atoms with Crippen molar-refractivity contribution in [3.05, 3.63) is 0 Å². The summed E-state index contributed by atoms with van der Waals surface area (Å²) in [5.41, 5.74) is 0. The van der Waals surface area contributed by atoms with Crippen LogP contribution in [0.4, 0.5) is 0 Å². The van der Waals surface area contributed by atoms with E-state index in [1.807, 2.05) is 27.7 Å². The van der Waals surface area contributed by atoms with Gasteiger partial charge in [-0.05, 0) is 24.7 Å². The van der Waals surface area contributed by atoms with Gasteiger partial charge in [0.15, 0.2) is 0 Å². The Kier molecular flexibility index (Phi) is 18.1. The Hall–Kier alpha value is 0.140. The van der Waals surface area contributed by atoms with E-state index in [0.29, 0.717) is 12.8 Å². The second-order valence-corrected chi connectivity index (χ2v) is 5.94. The zero-order chi connectivity index (χ0) is 15.7. The Bertz CT molecular complexity index is 294. The van der Waals surface area contributed by atoms with Crippen molar-refractivity contribution >= 4 is 62.4 Å². The van der Waals surface area contributed by atoms with Crippen LogP contribution in [0.1, 0.15) is 40.5 Å². The summed E-state index contributed by atoms with van der Waals surface area (Å²) in [7, 11) is 0. The number of nitrogens with one attached hydrogen (secondary N) is 2. The lowest BCUT2D eigenvalue weighted by atomic mass is 10.1. The van der Waals surface area contributed by atoms with Crippen molar-refractivity contribution in [1.82, 2.24) is 9.44 Å². The van der Waals surface area contributed by atoms with E-state index in [1.54, 1.807) is 0 Å². The average Bonchev–Trinajstić information content (AvgIpc) is 2.38. The van der Waals surface area contributed by atoms with Crippen molar-refractivity contribution in [3.8, 4) is 0 Å². The van der Waals surface area contributed by atoms with Gasteiger partial charge in [0.25, 0.3) is 0 Å². The third-order valence-electron chi connectivity index (χ3n) is 2.50. The van der Waals surface area contributed by atoms with Gasteiger partial charge in [-0.25, -0.2) is 19.4 Å². The van der Waals surface area contributed by atoms with Gasteiger partial charge in [-0.2, -0.15) is 0 Å². The summed E-state index contributed by atoms with van der Waals surface area (Å²) in [5.74, 6) is -0.805. The lowest BCUT2D eigenvalue weighted by molar-refractivity contribution is -0.261. The molecule has 6 nitrogen and oxygen atoms in total. The van der Waals surface area contributed by atoms with Gasteiger partial charge in [0.05, 0.1) is 0 Å². The lowest BCUT2D eigenvalue weighted by Gasteiger charge is -2.17. The number of carbonyl (C=O) groups excluding carboxylic acids is 2. The summed E-state index contributed by atoms with van der Waals surface area (Å²) in [6.07, 6.45) is 1.06. The number of rotatable bonds is 8. The zero-order valence-corrected chi connectivity index (χ0v) is 16.5. The smallest absolute Gasteiger partial charge is 0.253 e. The summed E-state index contributed by atoms with van der Waals surface area (Å²) in [6.45, 7) is 7.84. The van der Waals surface area contributed by atoms with Gasteiger partial charge in [0, 0.05) is 0 Å². The van der Waals surface area contributed by atoms with Gasteiger partial charge in [-0.3, -0.25) is 9.44 Å². The van der Waals surface area contributed by atoms with Gasteiger partial charge in [0.2, 0.25) is 0 Å². The summed E-state index contributed by atoms with van der Waals surface area (Å²) < 4.78 is 5.06. The first-order valence-corrected chi connectivity index (χ1v) is 7.42. The summed E-state index contributed by atoms with van der Waals surface area (Å²) >= 11 is 7.73. The summed E-state index contributed by atoms with van der Waals surface area (Å²) in [6, 6.07) is -1.25. The molecule has 0 radical (unpaired) electrons. The Morgan fingerprint density at radius 3 is 1.27 bits per heavy atom. The van der Waals surface area contributed by atoms with E-state index in [0.717, 1.165) is 0 Å². The van der Waals surface area contributed by atoms with Crippen molar-refractivity contribution in [2.24, 2.45) is 11.8 Å². The molecule has 0 unspecified atom stereocenters. The molecule has 0 spiro atoms. The maximum absolute atomic E-state index is 11.7. The van der Waals surface area contributed by atoms with Gasteiger partial charge >= 0.3 is 11.9 Å². The predicted octanol–water partition coefficient (Wildman–Crippen LogP) is 2.53. The van der Waals surface area contributed by atoms with E-state index < -0.39 is 24.0 Å². The van der Waals surface area contributed by atoms with Crippen LogP contribution in [0.2, 0.25) is 0 Å². The highest BCUT2D eigenvalue weighted by Crippen LogP contribution is 2.09. The van der Waals surface area contributed by atoms with Crippen molar-refractivity contribution in [1.29, 1.82) is 0 Å². The molecule has 0 aromatic carbocycles. The Morgan fingerprint density at radius 1 is 0.818 bits per heavy atom. The van der Waals surface area contributed by atoms with Crippen LogP contribution >= 0.6 is 50.4 Å². The molecule has 0 aliphatic rings. The normalized spacial score (nSPS) is 12.9. The number of halogens is 2. The molecule has 2 atom stereocenters. The molecule has 0 heterocycles. The molecule has 0 aliphatic carbocycles. The van der Waals surface area contributed by atoms with E-state index in [4.69, 9.17) is 0 Å². The predicted molar refractivity (Wildman–Crippen MR) is 97.4 cm³/mol. The molecular formula is C12H26Cl2N2O4S2. The SMILES string of the molecule is CC(C)C[C@H](NS)C(=O)OOC(=O)[C@H](CC(C)C)NS.Cl.Cl. The number of carbonyl (C=O) groups is 2. The van der Waals surface area contributed by atoms with Crippen LogP contribution in [0.15, 0.2) is 0 Å². The molecule has 0 aromatic heterocycles. The third kappa shape index (κ3) is 11.7. The number of hydrogen-bond acceptors (Lipinski definition) is 8. The van der Waals surface area contributed by atoms with Crippen molar-refractivity contribution in [2.45, 2.75) is 52.6 Å². The molecule has 22 heavy (non-hydrogen) atoms. The Morgan fingerprint density at radius 2 is 1.09 bits per heavy atom. The fourth-order valence-electron chi connectivity index (χ4n) is 1.54. The van der Waals surface area contributed by atoms with Crippen molar-refractivity contribution in [3.63, 3.8) is 0 Å². The van der Waals surface area contributed by atoms with Crippen molar-refractivity contribution < 1.29 is 19.4 Å². The number of hydrogen-bond donors (Lipinski definition) is 4. The molecule has 0 aromatic rings.